The number of carboxylic acids is 1. The van der Waals surface area contributed by atoms with Crippen LogP contribution in [0, 0.1) is 5.82 Å². The SMILES string of the molecule is CNCc1cc(F)cc(-c2cn(C3CNC(C(=O)O)C3)nn2)c1. The van der Waals surface area contributed by atoms with Gasteiger partial charge in [0.05, 0.1) is 12.2 Å². The van der Waals surface area contributed by atoms with Crippen molar-refractivity contribution in [1.29, 1.82) is 0 Å². The first-order valence-corrected chi connectivity index (χ1v) is 7.39. The van der Waals surface area contributed by atoms with Gasteiger partial charge in [-0.2, -0.15) is 0 Å². The summed E-state index contributed by atoms with van der Waals surface area (Å²) in [5, 5.41) is 23.1. The molecule has 1 saturated heterocycles. The van der Waals surface area contributed by atoms with Crippen molar-refractivity contribution >= 4 is 5.97 Å². The smallest absolute Gasteiger partial charge is 0.320 e. The highest BCUT2D eigenvalue weighted by atomic mass is 19.1. The van der Waals surface area contributed by atoms with Gasteiger partial charge in [-0.05, 0) is 37.2 Å². The van der Waals surface area contributed by atoms with Crippen LogP contribution in [0.2, 0.25) is 0 Å². The first-order valence-electron chi connectivity index (χ1n) is 7.39. The van der Waals surface area contributed by atoms with Crippen LogP contribution >= 0.6 is 0 Å². The number of hydrogen-bond donors (Lipinski definition) is 3. The van der Waals surface area contributed by atoms with Crippen LogP contribution in [0.25, 0.3) is 11.3 Å². The molecule has 3 N–H and O–H groups in total. The van der Waals surface area contributed by atoms with E-state index >= 15 is 0 Å². The van der Waals surface area contributed by atoms with E-state index in [0.717, 1.165) is 5.56 Å². The summed E-state index contributed by atoms with van der Waals surface area (Å²) in [6.07, 6.45) is 2.18. The average Bonchev–Trinajstić information content (AvgIpc) is 3.16. The Labute approximate surface area is 132 Å². The van der Waals surface area contributed by atoms with Crippen LogP contribution in [-0.2, 0) is 11.3 Å². The quantitative estimate of drug-likeness (QED) is 0.755. The third-order valence-electron chi connectivity index (χ3n) is 3.92. The Morgan fingerprint density at radius 3 is 3.04 bits per heavy atom. The first kappa shape index (κ1) is 15.6. The molecule has 0 radical (unpaired) electrons. The van der Waals surface area contributed by atoms with Crippen molar-refractivity contribution in [2.75, 3.05) is 13.6 Å². The van der Waals surface area contributed by atoms with Gasteiger partial charge in [0.15, 0.2) is 0 Å². The van der Waals surface area contributed by atoms with E-state index in [2.05, 4.69) is 20.9 Å². The Morgan fingerprint density at radius 2 is 2.35 bits per heavy atom. The van der Waals surface area contributed by atoms with E-state index in [4.69, 9.17) is 5.11 Å². The zero-order valence-electron chi connectivity index (χ0n) is 12.7. The Kier molecular flexibility index (Phi) is 4.35. The van der Waals surface area contributed by atoms with Crippen LogP contribution < -0.4 is 10.6 Å². The molecule has 23 heavy (non-hydrogen) atoms. The van der Waals surface area contributed by atoms with Crippen molar-refractivity contribution in [1.82, 2.24) is 25.6 Å². The maximum Gasteiger partial charge on any atom is 0.320 e. The Hall–Kier alpha value is -2.32. The molecule has 0 spiro atoms. The van der Waals surface area contributed by atoms with E-state index in [-0.39, 0.29) is 11.9 Å². The third kappa shape index (κ3) is 3.38. The Balaban J connectivity index is 1.81. The summed E-state index contributed by atoms with van der Waals surface area (Å²) in [4.78, 5) is 11.0. The highest BCUT2D eigenvalue weighted by Gasteiger charge is 2.30. The lowest BCUT2D eigenvalue weighted by molar-refractivity contribution is -0.139. The predicted molar refractivity (Wildman–Crippen MR) is 81.3 cm³/mol. The average molecular weight is 319 g/mol. The van der Waals surface area contributed by atoms with Gasteiger partial charge in [-0.3, -0.25) is 4.79 Å². The summed E-state index contributed by atoms with van der Waals surface area (Å²) < 4.78 is 15.4. The zero-order valence-corrected chi connectivity index (χ0v) is 12.7. The first-order chi connectivity index (χ1) is 11.1. The molecule has 3 rings (SSSR count). The number of hydrogen-bond acceptors (Lipinski definition) is 5. The number of nitrogens with zero attached hydrogens (tertiary/aromatic N) is 3. The number of carboxylic acid groups (broad SMARTS) is 1. The minimum Gasteiger partial charge on any atom is -0.480 e. The molecular formula is C15H18FN5O2. The van der Waals surface area contributed by atoms with E-state index in [1.165, 1.54) is 12.1 Å². The van der Waals surface area contributed by atoms with Crippen LogP contribution in [0.3, 0.4) is 0 Å². The fourth-order valence-electron chi connectivity index (χ4n) is 2.80. The predicted octanol–water partition coefficient (Wildman–Crippen LogP) is 0.791. The van der Waals surface area contributed by atoms with Gasteiger partial charge in [0.1, 0.15) is 17.6 Å². The van der Waals surface area contributed by atoms with E-state index in [9.17, 15) is 9.18 Å². The summed E-state index contributed by atoms with van der Waals surface area (Å²) in [6.45, 7) is 1.08. The minimum absolute atomic E-state index is 0.0670. The molecule has 8 heteroatoms. The summed E-state index contributed by atoms with van der Waals surface area (Å²) in [7, 11) is 1.80. The number of nitrogens with one attached hydrogen (secondary N) is 2. The molecule has 2 heterocycles. The molecule has 2 unspecified atom stereocenters. The van der Waals surface area contributed by atoms with Gasteiger partial charge in [0.25, 0.3) is 0 Å². The van der Waals surface area contributed by atoms with E-state index in [1.807, 2.05) is 6.07 Å². The van der Waals surface area contributed by atoms with Crippen LogP contribution in [0.1, 0.15) is 18.0 Å². The normalized spacial score (nSPS) is 20.8. The molecule has 2 aromatic rings. The number of benzene rings is 1. The van der Waals surface area contributed by atoms with Crippen LogP contribution in [0.5, 0.6) is 0 Å². The summed E-state index contributed by atoms with van der Waals surface area (Å²) in [5.74, 6) is -1.19. The monoisotopic (exact) mass is 319 g/mol. The lowest BCUT2D eigenvalue weighted by atomic mass is 10.1. The van der Waals surface area contributed by atoms with E-state index in [1.54, 1.807) is 17.9 Å². The number of rotatable bonds is 5. The van der Waals surface area contributed by atoms with E-state index < -0.39 is 12.0 Å². The van der Waals surface area contributed by atoms with Crippen molar-refractivity contribution in [3.05, 3.63) is 35.8 Å². The molecule has 7 nitrogen and oxygen atoms in total. The molecule has 1 fully saturated rings. The highest BCUT2D eigenvalue weighted by Crippen LogP contribution is 2.24. The number of aromatic nitrogens is 3. The summed E-state index contributed by atoms with van der Waals surface area (Å²) in [5.41, 5.74) is 2.05. The van der Waals surface area contributed by atoms with Gasteiger partial charge in [0, 0.05) is 18.7 Å². The van der Waals surface area contributed by atoms with Gasteiger partial charge in [0.2, 0.25) is 0 Å². The minimum atomic E-state index is -0.866. The van der Waals surface area contributed by atoms with Gasteiger partial charge in [-0.1, -0.05) is 5.21 Å². The molecule has 1 aliphatic heterocycles. The Bertz CT molecular complexity index is 718. The molecule has 0 amide bonds. The van der Waals surface area contributed by atoms with Gasteiger partial charge >= 0.3 is 5.97 Å². The van der Waals surface area contributed by atoms with Crippen molar-refractivity contribution in [3.63, 3.8) is 0 Å². The van der Waals surface area contributed by atoms with Crippen LogP contribution in [0.4, 0.5) is 4.39 Å². The van der Waals surface area contributed by atoms with Gasteiger partial charge in [-0.25, -0.2) is 9.07 Å². The molecule has 0 aliphatic carbocycles. The standard InChI is InChI=1S/C15H18FN5O2/c1-17-6-9-2-10(4-11(16)3-9)14-8-21(20-19-14)12-5-13(15(22)23)18-7-12/h2-4,8,12-13,17-18H,5-7H2,1H3,(H,22,23). The molecule has 122 valence electrons. The molecule has 0 saturated carbocycles. The van der Waals surface area contributed by atoms with Gasteiger partial charge < -0.3 is 15.7 Å². The second kappa shape index (κ2) is 6.43. The van der Waals surface area contributed by atoms with Crippen molar-refractivity contribution in [2.45, 2.75) is 25.0 Å². The summed E-state index contributed by atoms with van der Waals surface area (Å²) >= 11 is 0. The largest absolute Gasteiger partial charge is 0.480 e. The van der Waals surface area contributed by atoms with Crippen molar-refractivity contribution < 1.29 is 14.3 Å². The fraction of sp³-hybridized carbons (Fsp3) is 0.400. The second-order valence-electron chi connectivity index (χ2n) is 5.65. The molecule has 1 aromatic carbocycles. The molecule has 1 aliphatic rings. The highest BCUT2D eigenvalue weighted by molar-refractivity contribution is 5.73. The Morgan fingerprint density at radius 1 is 1.52 bits per heavy atom. The molecular weight excluding hydrogens is 301 g/mol. The zero-order chi connectivity index (χ0) is 16.4. The summed E-state index contributed by atoms with van der Waals surface area (Å²) in [6, 6.07) is 4.12. The van der Waals surface area contributed by atoms with Crippen LogP contribution in [0.15, 0.2) is 24.4 Å². The number of halogens is 1. The van der Waals surface area contributed by atoms with Crippen LogP contribution in [-0.4, -0.2) is 45.7 Å². The second-order valence-corrected chi connectivity index (χ2v) is 5.65. The van der Waals surface area contributed by atoms with E-state index in [0.29, 0.717) is 30.8 Å². The lowest BCUT2D eigenvalue weighted by Crippen LogP contribution is -2.29. The molecule has 1 aromatic heterocycles. The third-order valence-corrected chi connectivity index (χ3v) is 3.92. The topological polar surface area (TPSA) is 92.1 Å². The fourth-order valence-corrected chi connectivity index (χ4v) is 2.80. The van der Waals surface area contributed by atoms with Crippen molar-refractivity contribution in [3.8, 4) is 11.3 Å². The lowest BCUT2D eigenvalue weighted by Gasteiger charge is -2.07. The molecule has 0 bridgehead atoms. The molecule has 2 atom stereocenters. The van der Waals surface area contributed by atoms with Gasteiger partial charge in [-0.15, -0.1) is 5.10 Å². The number of aliphatic carboxylic acids is 1. The van der Waals surface area contributed by atoms with Crippen molar-refractivity contribution in [2.24, 2.45) is 0 Å². The number of carbonyl (C=O) groups is 1. The maximum absolute atomic E-state index is 13.7. The maximum atomic E-state index is 13.7.